The number of hydrogen-bond acceptors (Lipinski definition) is 3. The maximum absolute atomic E-state index is 13.2. The summed E-state index contributed by atoms with van der Waals surface area (Å²) in [7, 11) is 0. The molecular weight excluding hydrogens is 161 g/mol. The largest absolute Gasteiger partial charge is 0.434 e. The Bertz CT molecular complexity index is 298. The van der Waals surface area contributed by atoms with Gasteiger partial charge < -0.3 is 4.42 Å². The van der Waals surface area contributed by atoms with Gasteiger partial charge in [-0.25, -0.2) is 9.37 Å². The van der Waals surface area contributed by atoms with Gasteiger partial charge in [0, 0.05) is 0 Å². The molecule has 0 aliphatic rings. The number of alkyl halides is 1. The lowest BCUT2D eigenvalue weighted by Crippen LogP contribution is -2.09. The third kappa shape index (κ3) is 1.52. The minimum Gasteiger partial charge on any atom is -0.434 e. The van der Waals surface area contributed by atoms with E-state index < -0.39 is 5.67 Å². The molecule has 1 heterocycles. The van der Waals surface area contributed by atoms with Gasteiger partial charge in [0.05, 0.1) is 5.69 Å². The molecule has 0 unspecified atom stereocenters. The number of carbonyl (C=O) groups excluding carboxylic acids is 1. The van der Waals surface area contributed by atoms with Gasteiger partial charge in [0.25, 0.3) is 0 Å². The highest BCUT2D eigenvalue weighted by atomic mass is 19.1. The second-order valence-corrected chi connectivity index (χ2v) is 3.06. The van der Waals surface area contributed by atoms with Crippen LogP contribution in [0.5, 0.6) is 0 Å². The van der Waals surface area contributed by atoms with Crippen molar-refractivity contribution in [3.63, 3.8) is 0 Å². The van der Waals surface area contributed by atoms with Crippen LogP contribution in [0.3, 0.4) is 0 Å². The third-order valence-electron chi connectivity index (χ3n) is 1.45. The Balaban J connectivity index is 3.13. The Hall–Kier alpha value is -1.19. The third-order valence-corrected chi connectivity index (χ3v) is 1.45. The topological polar surface area (TPSA) is 43.1 Å². The number of rotatable bonds is 2. The number of hydrogen-bond donors (Lipinski definition) is 0. The van der Waals surface area contributed by atoms with Crippen molar-refractivity contribution in [2.45, 2.75) is 26.4 Å². The number of aromatic nitrogens is 1. The smallest absolute Gasteiger partial charge is 0.232 e. The molecule has 0 saturated carbocycles. The van der Waals surface area contributed by atoms with Crippen molar-refractivity contribution >= 4 is 6.29 Å². The minimum atomic E-state index is -1.63. The minimum absolute atomic E-state index is 0.0536. The van der Waals surface area contributed by atoms with Crippen molar-refractivity contribution in [1.82, 2.24) is 4.98 Å². The second kappa shape index (κ2) is 2.69. The molecule has 4 heteroatoms. The molecule has 0 bridgehead atoms. The second-order valence-electron chi connectivity index (χ2n) is 3.06. The molecule has 1 aromatic rings. The van der Waals surface area contributed by atoms with E-state index in [-0.39, 0.29) is 11.7 Å². The van der Waals surface area contributed by atoms with Crippen LogP contribution in [0.1, 0.15) is 36.0 Å². The van der Waals surface area contributed by atoms with Crippen molar-refractivity contribution in [3.05, 3.63) is 17.3 Å². The maximum Gasteiger partial charge on any atom is 0.232 e. The zero-order chi connectivity index (χ0) is 9.35. The van der Waals surface area contributed by atoms with E-state index in [4.69, 9.17) is 4.42 Å². The number of oxazole rings is 1. The van der Waals surface area contributed by atoms with Crippen LogP contribution in [0.2, 0.25) is 0 Å². The van der Waals surface area contributed by atoms with Gasteiger partial charge in [-0.15, -0.1) is 0 Å². The average Bonchev–Trinajstić information content (AvgIpc) is 2.29. The van der Waals surface area contributed by atoms with Gasteiger partial charge in [0.1, 0.15) is 0 Å². The fourth-order valence-electron chi connectivity index (χ4n) is 0.772. The zero-order valence-corrected chi connectivity index (χ0v) is 7.22. The quantitative estimate of drug-likeness (QED) is 0.639. The summed E-state index contributed by atoms with van der Waals surface area (Å²) < 4.78 is 18.1. The summed E-state index contributed by atoms with van der Waals surface area (Å²) in [5.41, 5.74) is -1.21. The lowest BCUT2D eigenvalue weighted by molar-refractivity contribution is 0.108. The molecule has 1 aromatic heterocycles. The summed E-state index contributed by atoms with van der Waals surface area (Å²) in [6.45, 7) is 4.25. The van der Waals surface area contributed by atoms with E-state index in [0.29, 0.717) is 12.0 Å². The summed E-state index contributed by atoms with van der Waals surface area (Å²) in [5, 5.41) is 0. The molecule has 66 valence electrons. The van der Waals surface area contributed by atoms with Crippen LogP contribution in [0.15, 0.2) is 4.42 Å². The maximum atomic E-state index is 13.2. The lowest BCUT2D eigenvalue weighted by Gasteiger charge is -2.06. The first-order valence-corrected chi connectivity index (χ1v) is 3.57. The molecule has 0 aliphatic carbocycles. The molecule has 0 aromatic carbocycles. The highest BCUT2D eigenvalue weighted by Gasteiger charge is 2.26. The van der Waals surface area contributed by atoms with Crippen LogP contribution in [-0.4, -0.2) is 11.3 Å². The fraction of sp³-hybridized carbons (Fsp3) is 0.500. The Morgan fingerprint density at radius 2 is 2.17 bits per heavy atom. The molecule has 0 amide bonds. The molecule has 1 rings (SSSR count). The normalized spacial score (nSPS) is 11.7. The van der Waals surface area contributed by atoms with Crippen molar-refractivity contribution in [2.75, 3.05) is 0 Å². The first kappa shape index (κ1) is 8.90. The van der Waals surface area contributed by atoms with Gasteiger partial charge in [-0.3, -0.25) is 4.79 Å². The molecule has 0 aliphatic heterocycles. The molecule has 0 radical (unpaired) electrons. The lowest BCUT2D eigenvalue weighted by atomic mass is 10.2. The Morgan fingerprint density at radius 1 is 1.58 bits per heavy atom. The van der Waals surface area contributed by atoms with Crippen molar-refractivity contribution in [1.29, 1.82) is 0 Å². The number of halogens is 1. The highest BCUT2D eigenvalue weighted by Crippen LogP contribution is 2.24. The van der Waals surface area contributed by atoms with E-state index in [0.717, 1.165) is 0 Å². The first-order valence-electron chi connectivity index (χ1n) is 3.57. The first-order chi connectivity index (χ1) is 5.45. The molecule has 3 nitrogen and oxygen atoms in total. The monoisotopic (exact) mass is 171 g/mol. The fourth-order valence-corrected chi connectivity index (χ4v) is 0.772. The summed E-state index contributed by atoms with van der Waals surface area (Å²) in [6, 6.07) is 0. The molecule has 12 heavy (non-hydrogen) atoms. The van der Waals surface area contributed by atoms with E-state index in [1.54, 1.807) is 6.92 Å². The van der Waals surface area contributed by atoms with Crippen molar-refractivity contribution in [3.8, 4) is 0 Å². The molecular formula is C8H10FNO2. The average molecular weight is 171 g/mol. The van der Waals surface area contributed by atoms with E-state index in [2.05, 4.69) is 4.98 Å². The number of aldehydes is 1. The zero-order valence-electron chi connectivity index (χ0n) is 7.22. The molecule has 0 N–H and O–H groups in total. The van der Waals surface area contributed by atoms with Gasteiger partial charge in [-0.05, 0) is 20.8 Å². The van der Waals surface area contributed by atoms with Crippen LogP contribution in [-0.2, 0) is 5.67 Å². The van der Waals surface area contributed by atoms with Crippen LogP contribution in [0.25, 0.3) is 0 Å². The van der Waals surface area contributed by atoms with Gasteiger partial charge in [-0.2, -0.15) is 0 Å². The molecule has 0 saturated heterocycles. The predicted molar refractivity (Wildman–Crippen MR) is 40.8 cm³/mol. The Morgan fingerprint density at radius 3 is 2.42 bits per heavy atom. The van der Waals surface area contributed by atoms with Crippen LogP contribution < -0.4 is 0 Å². The number of nitrogens with zero attached hydrogens (tertiary/aromatic N) is 1. The predicted octanol–water partition coefficient (Wildman–Crippen LogP) is 2.00. The SMILES string of the molecule is Cc1nc(C(C)(C)F)oc1C=O. The highest BCUT2D eigenvalue weighted by molar-refractivity contribution is 5.71. The van der Waals surface area contributed by atoms with E-state index in [9.17, 15) is 9.18 Å². The summed E-state index contributed by atoms with van der Waals surface area (Å²) in [5.74, 6) is 0.0397. The Kier molecular flexibility index (Phi) is 2.00. The van der Waals surface area contributed by atoms with Gasteiger partial charge >= 0.3 is 0 Å². The summed E-state index contributed by atoms with van der Waals surface area (Å²) in [4.78, 5) is 14.1. The van der Waals surface area contributed by atoms with Crippen molar-refractivity contribution < 1.29 is 13.6 Å². The van der Waals surface area contributed by atoms with Gasteiger partial charge in [-0.1, -0.05) is 0 Å². The Labute approximate surface area is 69.6 Å². The number of aryl methyl sites for hydroxylation is 1. The van der Waals surface area contributed by atoms with Gasteiger partial charge in [0.2, 0.25) is 5.89 Å². The summed E-state index contributed by atoms with van der Waals surface area (Å²) in [6.07, 6.45) is 0.525. The van der Waals surface area contributed by atoms with Crippen LogP contribution in [0, 0.1) is 6.92 Å². The van der Waals surface area contributed by atoms with E-state index in [1.807, 2.05) is 0 Å². The van der Waals surface area contributed by atoms with Crippen LogP contribution >= 0.6 is 0 Å². The van der Waals surface area contributed by atoms with Crippen molar-refractivity contribution in [2.24, 2.45) is 0 Å². The summed E-state index contributed by atoms with van der Waals surface area (Å²) >= 11 is 0. The molecule has 0 fully saturated rings. The van der Waals surface area contributed by atoms with Gasteiger partial charge in [0.15, 0.2) is 17.7 Å². The number of carbonyl (C=O) groups is 1. The van der Waals surface area contributed by atoms with E-state index >= 15 is 0 Å². The molecule has 0 atom stereocenters. The van der Waals surface area contributed by atoms with E-state index in [1.165, 1.54) is 13.8 Å². The standard InChI is InChI=1S/C8H10FNO2/c1-5-6(4-11)12-7(10-5)8(2,3)9/h4H,1-3H3. The molecule has 0 spiro atoms. The van der Waals surface area contributed by atoms with Crippen LogP contribution in [0.4, 0.5) is 4.39 Å².